The first-order valence-electron chi connectivity index (χ1n) is 12.2. The van der Waals surface area contributed by atoms with Crippen LogP contribution in [0.4, 0.5) is 5.82 Å². The maximum absolute atomic E-state index is 13.8. The maximum atomic E-state index is 13.8. The summed E-state index contributed by atoms with van der Waals surface area (Å²) in [7, 11) is 0. The molecule has 0 aliphatic carbocycles. The van der Waals surface area contributed by atoms with Gasteiger partial charge in [0.25, 0.3) is 0 Å². The predicted octanol–water partition coefficient (Wildman–Crippen LogP) is 4.15. The zero-order valence-corrected chi connectivity index (χ0v) is 19.8. The fraction of sp³-hybridized carbons (Fsp3) is 0.286. The van der Waals surface area contributed by atoms with Crippen LogP contribution in [0, 0.1) is 5.92 Å². The quantitative estimate of drug-likeness (QED) is 0.390. The molecule has 1 saturated heterocycles. The third-order valence-corrected chi connectivity index (χ3v) is 6.51. The van der Waals surface area contributed by atoms with Crippen LogP contribution < -0.4 is 4.90 Å². The van der Waals surface area contributed by atoms with Gasteiger partial charge in [-0.3, -0.25) is 4.79 Å². The molecule has 1 aliphatic heterocycles. The second-order valence-electron chi connectivity index (χ2n) is 8.95. The molecule has 7 nitrogen and oxygen atoms in total. The topological polar surface area (TPSA) is 67.2 Å². The second-order valence-corrected chi connectivity index (χ2v) is 8.95. The van der Waals surface area contributed by atoms with E-state index in [0.717, 1.165) is 43.0 Å². The van der Waals surface area contributed by atoms with Gasteiger partial charge in [-0.2, -0.15) is 5.10 Å². The van der Waals surface area contributed by atoms with Gasteiger partial charge < -0.3 is 9.80 Å². The van der Waals surface area contributed by atoms with E-state index in [0.29, 0.717) is 19.6 Å². The Labute approximate surface area is 206 Å². The second kappa shape index (κ2) is 11.0. The lowest BCUT2D eigenvalue weighted by atomic mass is 9.96. The third-order valence-electron chi connectivity index (χ3n) is 6.51. The Balaban J connectivity index is 1.31. The number of anilines is 1. The van der Waals surface area contributed by atoms with E-state index in [1.165, 1.54) is 5.56 Å². The first kappa shape index (κ1) is 22.8. The van der Waals surface area contributed by atoms with Crippen molar-refractivity contribution in [1.29, 1.82) is 0 Å². The zero-order valence-electron chi connectivity index (χ0n) is 19.8. The van der Waals surface area contributed by atoms with E-state index < -0.39 is 0 Å². The molecule has 35 heavy (non-hydrogen) atoms. The van der Waals surface area contributed by atoms with Gasteiger partial charge >= 0.3 is 0 Å². The highest BCUT2D eigenvalue weighted by Crippen LogP contribution is 2.25. The molecule has 0 saturated carbocycles. The van der Waals surface area contributed by atoms with E-state index in [-0.39, 0.29) is 11.8 Å². The number of carbonyl (C=O) groups excluding carboxylic acids is 1. The van der Waals surface area contributed by atoms with Crippen LogP contribution in [0.3, 0.4) is 0 Å². The Morgan fingerprint density at radius 2 is 1.69 bits per heavy atom. The molecule has 1 aliphatic rings. The molecule has 0 bridgehead atoms. The number of carbonyl (C=O) groups is 1. The molecule has 0 radical (unpaired) electrons. The molecule has 1 atom stereocenters. The van der Waals surface area contributed by atoms with Crippen molar-refractivity contribution in [2.45, 2.75) is 25.8 Å². The van der Waals surface area contributed by atoms with Crippen LogP contribution >= 0.6 is 0 Å². The molecule has 1 fully saturated rings. The highest BCUT2D eigenvalue weighted by molar-refractivity contribution is 5.80. The van der Waals surface area contributed by atoms with Crippen LogP contribution in [-0.4, -0.2) is 50.2 Å². The van der Waals surface area contributed by atoms with Gasteiger partial charge in [-0.05, 0) is 36.5 Å². The van der Waals surface area contributed by atoms with E-state index in [1.54, 1.807) is 17.2 Å². The number of aromatic nitrogens is 4. The summed E-state index contributed by atoms with van der Waals surface area (Å²) in [6.07, 6.45) is 7.85. The Bertz CT molecular complexity index is 1210. The summed E-state index contributed by atoms with van der Waals surface area (Å²) in [5, 5.41) is 4.27. The Morgan fingerprint density at radius 3 is 2.43 bits per heavy atom. The molecule has 2 aromatic carbocycles. The molecule has 2 aromatic heterocycles. The molecule has 3 heterocycles. The SMILES string of the molecule is O=C(C1CCCN(c2cc(-n3cccn3)ncn2)C1)N(CCc1ccccc1)Cc1ccccc1. The lowest BCUT2D eigenvalue weighted by Crippen LogP contribution is -2.45. The van der Waals surface area contributed by atoms with Crippen LogP contribution in [-0.2, 0) is 17.8 Å². The Kier molecular flexibility index (Phi) is 7.13. The van der Waals surface area contributed by atoms with Crippen molar-refractivity contribution in [2.24, 2.45) is 5.92 Å². The summed E-state index contributed by atoms with van der Waals surface area (Å²) in [6.45, 7) is 2.86. The first-order valence-corrected chi connectivity index (χ1v) is 12.2. The number of piperidine rings is 1. The smallest absolute Gasteiger partial charge is 0.227 e. The van der Waals surface area contributed by atoms with Gasteiger partial charge in [0.15, 0.2) is 5.82 Å². The number of hydrogen-bond acceptors (Lipinski definition) is 5. The first-order chi connectivity index (χ1) is 17.3. The number of nitrogens with zero attached hydrogens (tertiary/aromatic N) is 6. The van der Waals surface area contributed by atoms with Gasteiger partial charge in [0.2, 0.25) is 5.91 Å². The van der Waals surface area contributed by atoms with E-state index in [1.807, 2.05) is 47.5 Å². The molecule has 0 spiro atoms. The van der Waals surface area contributed by atoms with E-state index in [9.17, 15) is 4.79 Å². The van der Waals surface area contributed by atoms with Crippen LogP contribution in [0.1, 0.15) is 24.0 Å². The van der Waals surface area contributed by atoms with Crippen molar-refractivity contribution >= 4 is 11.7 Å². The Morgan fingerprint density at radius 1 is 0.943 bits per heavy atom. The monoisotopic (exact) mass is 466 g/mol. The van der Waals surface area contributed by atoms with Crippen LogP contribution in [0.25, 0.3) is 5.82 Å². The van der Waals surface area contributed by atoms with Gasteiger partial charge in [-0.25, -0.2) is 14.6 Å². The normalized spacial score (nSPS) is 15.7. The van der Waals surface area contributed by atoms with Crippen molar-refractivity contribution in [3.63, 3.8) is 0 Å². The minimum Gasteiger partial charge on any atom is -0.356 e. The van der Waals surface area contributed by atoms with Crippen molar-refractivity contribution in [3.8, 4) is 5.82 Å². The lowest BCUT2D eigenvalue weighted by Gasteiger charge is -2.35. The zero-order chi connectivity index (χ0) is 23.9. The predicted molar refractivity (Wildman–Crippen MR) is 136 cm³/mol. The van der Waals surface area contributed by atoms with Crippen molar-refractivity contribution in [2.75, 3.05) is 24.5 Å². The summed E-state index contributed by atoms with van der Waals surface area (Å²) in [5.74, 6) is 1.71. The molecule has 0 N–H and O–H groups in total. The average Bonchev–Trinajstić information content (AvgIpc) is 3.47. The van der Waals surface area contributed by atoms with Gasteiger partial charge in [0.1, 0.15) is 12.1 Å². The number of hydrogen-bond donors (Lipinski definition) is 0. The molecule has 1 amide bonds. The largest absolute Gasteiger partial charge is 0.356 e. The van der Waals surface area contributed by atoms with E-state index >= 15 is 0 Å². The molecule has 4 aromatic rings. The highest BCUT2D eigenvalue weighted by Gasteiger charge is 2.30. The van der Waals surface area contributed by atoms with Crippen molar-refractivity contribution in [1.82, 2.24) is 24.6 Å². The molecule has 5 rings (SSSR count). The molecular formula is C28H30N6O. The van der Waals surface area contributed by atoms with Crippen LogP contribution in [0.2, 0.25) is 0 Å². The van der Waals surface area contributed by atoms with E-state index in [2.05, 4.69) is 56.4 Å². The van der Waals surface area contributed by atoms with Gasteiger partial charge in [0.05, 0.1) is 5.92 Å². The molecule has 178 valence electrons. The van der Waals surface area contributed by atoms with Crippen molar-refractivity contribution < 1.29 is 4.79 Å². The number of benzene rings is 2. The third kappa shape index (κ3) is 5.74. The van der Waals surface area contributed by atoms with Gasteiger partial charge in [-0.15, -0.1) is 0 Å². The fourth-order valence-electron chi connectivity index (χ4n) is 4.66. The van der Waals surface area contributed by atoms with Crippen LogP contribution in [0.5, 0.6) is 0 Å². The highest BCUT2D eigenvalue weighted by atomic mass is 16.2. The number of amides is 1. The van der Waals surface area contributed by atoms with Crippen LogP contribution in [0.15, 0.2) is 91.5 Å². The number of rotatable bonds is 8. The average molecular weight is 467 g/mol. The van der Waals surface area contributed by atoms with E-state index in [4.69, 9.17) is 0 Å². The Hall–Kier alpha value is -4.00. The summed E-state index contributed by atoms with van der Waals surface area (Å²) in [5.41, 5.74) is 2.40. The summed E-state index contributed by atoms with van der Waals surface area (Å²) in [4.78, 5) is 26.9. The molecular weight excluding hydrogens is 436 g/mol. The summed E-state index contributed by atoms with van der Waals surface area (Å²) < 4.78 is 1.73. The lowest BCUT2D eigenvalue weighted by molar-refractivity contribution is -0.136. The fourth-order valence-corrected chi connectivity index (χ4v) is 4.66. The van der Waals surface area contributed by atoms with Crippen molar-refractivity contribution in [3.05, 3.63) is 103 Å². The minimum atomic E-state index is -0.0636. The molecule has 1 unspecified atom stereocenters. The standard InChI is InChI=1S/C28H30N6O/c35-28(33(20-24-11-5-2-6-12-24)18-14-23-9-3-1-4-10-23)25-13-7-16-32(21-25)26-19-27(30-22-29-26)34-17-8-15-31-34/h1-6,8-12,15,17,19,22,25H,7,13-14,16,18,20-21H2. The minimum absolute atomic E-state index is 0.0636. The maximum Gasteiger partial charge on any atom is 0.227 e. The van der Waals surface area contributed by atoms with Gasteiger partial charge in [0, 0.05) is 44.6 Å². The summed E-state index contributed by atoms with van der Waals surface area (Å²) in [6, 6.07) is 24.4. The summed E-state index contributed by atoms with van der Waals surface area (Å²) >= 11 is 0. The molecule has 7 heteroatoms. The van der Waals surface area contributed by atoms with Gasteiger partial charge in [-0.1, -0.05) is 60.7 Å².